The standard InChI is InChI=1S/C12H12N2O4S/c1-2-19-12-10-9(11(15)18-12)13(10)7-3-5-8(6-4-7)14(16)17/h3-6,9-10,12H,2H2,1H3/t9?,10?,12-,13?/m1/s1. The third-order valence-corrected chi connectivity index (χ3v) is 4.33. The second kappa shape index (κ2) is 4.41. The monoisotopic (exact) mass is 280 g/mol. The molecular weight excluding hydrogens is 268 g/mol. The molecule has 6 nitrogen and oxygen atoms in total. The number of hydrogen-bond acceptors (Lipinski definition) is 6. The number of nitrogens with zero attached hydrogens (tertiary/aromatic N) is 2. The normalized spacial score (nSPS) is 27.9. The summed E-state index contributed by atoms with van der Waals surface area (Å²) in [5.74, 6) is 0.684. The highest BCUT2D eigenvalue weighted by molar-refractivity contribution is 7.99. The van der Waals surface area contributed by atoms with Crippen molar-refractivity contribution in [2.75, 3.05) is 10.7 Å². The zero-order valence-corrected chi connectivity index (χ0v) is 11.0. The maximum atomic E-state index is 11.7. The molecule has 2 unspecified atom stereocenters. The summed E-state index contributed by atoms with van der Waals surface area (Å²) in [6.07, 6.45) is 0. The number of non-ortho nitro benzene ring substituents is 1. The molecule has 0 saturated carbocycles. The minimum absolute atomic E-state index is 0.0535. The lowest BCUT2D eigenvalue weighted by atomic mass is 10.3. The summed E-state index contributed by atoms with van der Waals surface area (Å²) in [5, 5.41) is 10.6. The van der Waals surface area contributed by atoms with Crippen molar-refractivity contribution in [1.82, 2.24) is 0 Å². The number of anilines is 1. The zero-order valence-electron chi connectivity index (χ0n) is 10.2. The highest BCUT2D eigenvalue weighted by Gasteiger charge is 2.64. The average Bonchev–Trinajstić information content (AvgIpc) is 3.05. The number of thioether (sulfide) groups is 1. The van der Waals surface area contributed by atoms with Crippen LogP contribution < -0.4 is 4.90 Å². The van der Waals surface area contributed by atoms with Gasteiger partial charge in [0.05, 0.1) is 4.92 Å². The Labute approximate surface area is 113 Å². The molecule has 2 aliphatic heterocycles. The summed E-state index contributed by atoms with van der Waals surface area (Å²) in [5.41, 5.74) is 0.759. The molecule has 0 spiro atoms. The highest BCUT2D eigenvalue weighted by Crippen LogP contribution is 2.47. The predicted molar refractivity (Wildman–Crippen MR) is 71.2 cm³/mol. The van der Waals surface area contributed by atoms with Gasteiger partial charge in [0.2, 0.25) is 0 Å². The van der Waals surface area contributed by atoms with Crippen LogP contribution >= 0.6 is 11.8 Å². The summed E-state index contributed by atoms with van der Waals surface area (Å²) < 4.78 is 5.25. The topological polar surface area (TPSA) is 72.5 Å². The summed E-state index contributed by atoms with van der Waals surface area (Å²) in [6, 6.07) is 6.12. The first-order valence-corrected chi connectivity index (χ1v) is 7.03. The molecule has 0 amide bonds. The number of nitro groups is 1. The number of hydrogen-bond donors (Lipinski definition) is 0. The van der Waals surface area contributed by atoms with Crippen LogP contribution in [0.4, 0.5) is 11.4 Å². The molecule has 2 fully saturated rings. The van der Waals surface area contributed by atoms with Gasteiger partial charge < -0.3 is 9.64 Å². The number of carbonyl (C=O) groups is 1. The Morgan fingerprint density at radius 2 is 2.11 bits per heavy atom. The van der Waals surface area contributed by atoms with E-state index >= 15 is 0 Å². The van der Waals surface area contributed by atoms with Gasteiger partial charge in [0.15, 0.2) is 11.5 Å². The molecule has 0 aliphatic carbocycles. The lowest BCUT2D eigenvalue weighted by Gasteiger charge is -2.16. The van der Waals surface area contributed by atoms with E-state index < -0.39 is 4.92 Å². The number of nitro benzene ring substituents is 1. The van der Waals surface area contributed by atoms with Crippen molar-refractivity contribution < 1.29 is 14.5 Å². The number of cyclic esters (lactones) is 1. The molecule has 0 radical (unpaired) electrons. The third-order valence-electron chi connectivity index (χ3n) is 3.30. The molecule has 7 heteroatoms. The molecule has 100 valence electrons. The van der Waals surface area contributed by atoms with Crippen molar-refractivity contribution in [2.24, 2.45) is 0 Å². The van der Waals surface area contributed by atoms with Crippen molar-refractivity contribution in [3.05, 3.63) is 34.4 Å². The van der Waals surface area contributed by atoms with Crippen molar-refractivity contribution in [3.63, 3.8) is 0 Å². The number of esters is 1. The summed E-state index contributed by atoms with van der Waals surface area (Å²) in [7, 11) is 0. The molecular formula is C12H12N2O4S. The molecule has 1 aromatic rings. The Morgan fingerprint density at radius 1 is 1.42 bits per heavy atom. The molecule has 0 aromatic heterocycles. The number of carbonyl (C=O) groups excluding carboxylic acids is 1. The number of benzene rings is 1. The molecule has 1 aromatic carbocycles. The largest absolute Gasteiger partial charge is 0.447 e. The van der Waals surface area contributed by atoms with Crippen molar-refractivity contribution in [2.45, 2.75) is 24.4 Å². The molecule has 0 N–H and O–H groups in total. The van der Waals surface area contributed by atoms with E-state index in [4.69, 9.17) is 4.74 Å². The third kappa shape index (κ3) is 1.94. The fourth-order valence-corrected chi connectivity index (χ4v) is 3.38. The van der Waals surface area contributed by atoms with Crippen molar-refractivity contribution in [1.29, 1.82) is 0 Å². The second-order valence-corrected chi connectivity index (χ2v) is 5.75. The summed E-state index contributed by atoms with van der Waals surface area (Å²) >= 11 is 1.61. The van der Waals surface area contributed by atoms with Gasteiger partial charge in [-0.3, -0.25) is 10.1 Å². The first kappa shape index (κ1) is 12.3. The first-order valence-electron chi connectivity index (χ1n) is 5.98. The highest BCUT2D eigenvalue weighted by atomic mass is 32.2. The molecule has 0 bridgehead atoms. The van der Waals surface area contributed by atoms with Gasteiger partial charge in [-0.15, -0.1) is 11.8 Å². The fourth-order valence-electron chi connectivity index (χ4n) is 2.41. The summed E-state index contributed by atoms with van der Waals surface area (Å²) in [6.45, 7) is 2.02. The van der Waals surface area contributed by atoms with Crippen LogP contribution in [0.25, 0.3) is 0 Å². The minimum Gasteiger partial charge on any atom is -0.447 e. The van der Waals surface area contributed by atoms with Crippen LogP contribution in [0.2, 0.25) is 0 Å². The molecule has 3 rings (SSSR count). The van der Waals surface area contributed by atoms with Gasteiger partial charge in [-0.2, -0.15) is 0 Å². The quantitative estimate of drug-likeness (QED) is 0.362. The molecule has 3 atom stereocenters. The van der Waals surface area contributed by atoms with E-state index in [1.54, 1.807) is 23.9 Å². The van der Waals surface area contributed by atoms with E-state index in [2.05, 4.69) is 0 Å². The van der Waals surface area contributed by atoms with Crippen LogP contribution in [-0.4, -0.2) is 34.2 Å². The molecule has 2 heterocycles. The number of rotatable bonds is 4. The Balaban J connectivity index is 1.78. The average molecular weight is 280 g/mol. The lowest BCUT2D eigenvalue weighted by Crippen LogP contribution is -2.22. The van der Waals surface area contributed by atoms with Gasteiger partial charge in [-0.05, 0) is 17.9 Å². The smallest absolute Gasteiger partial charge is 0.332 e. The Bertz CT molecular complexity index is 533. The van der Waals surface area contributed by atoms with Gasteiger partial charge in [0, 0.05) is 17.8 Å². The Morgan fingerprint density at radius 3 is 2.68 bits per heavy atom. The van der Waals surface area contributed by atoms with Gasteiger partial charge in [-0.25, -0.2) is 4.79 Å². The van der Waals surface area contributed by atoms with E-state index in [0.29, 0.717) is 0 Å². The van der Waals surface area contributed by atoms with E-state index in [1.807, 2.05) is 11.8 Å². The summed E-state index contributed by atoms with van der Waals surface area (Å²) in [4.78, 5) is 23.8. The maximum Gasteiger partial charge on any atom is 0.332 e. The lowest BCUT2D eigenvalue weighted by molar-refractivity contribution is -0.384. The Hall–Kier alpha value is -1.76. The molecule has 2 aliphatic rings. The van der Waals surface area contributed by atoms with Crippen molar-refractivity contribution in [3.8, 4) is 0 Å². The zero-order chi connectivity index (χ0) is 13.6. The van der Waals surface area contributed by atoms with Crippen molar-refractivity contribution >= 4 is 29.1 Å². The number of morpholine rings is 1. The maximum absolute atomic E-state index is 11.7. The first-order chi connectivity index (χ1) is 9.13. The van der Waals surface area contributed by atoms with Crippen LogP contribution in [0, 0.1) is 10.1 Å². The molecule has 2 saturated heterocycles. The molecule has 19 heavy (non-hydrogen) atoms. The van der Waals surface area contributed by atoms with Crippen LogP contribution in [0.1, 0.15) is 6.92 Å². The van der Waals surface area contributed by atoms with E-state index in [1.165, 1.54) is 12.1 Å². The Kier molecular flexibility index (Phi) is 2.85. The van der Waals surface area contributed by atoms with Gasteiger partial charge in [0.25, 0.3) is 5.69 Å². The van der Waals surface area contributed by atoms with E-state index in [9.17, 15) is 14.9 Å². The van der Waals surface area contributed by atoms with Crippen LogP contribution in [0.3, 0.4) is 0 Å². The second-order valence-electron chi connectivity index (χ2n) is 4.38. The fraction of sp³-hybridized carbons (Fsp3) is 0.417. The van der Waals surface area contributed by atoms with Gasteiger partial charge in [-0.1, -0.05) is 6.92 Å². The van der Waals surface area contributed by atoms with Crippen LogP contribution in [0.15, 0.2) is 24.3 Å². The SMILES string of the molecule is CCS[C@H]1OC(=O)C2C1N2c1ccc([N+](=O)[O-])cc1. The van der Waals surface area contributed by atoms with Gasteiger partial charge in [0.1, 0.15) is 6.04 Å². The number of ether oxygens (including phenoxy) is 1. The van der Waals surface area contributed by atoms with E-state index in [-0.39, 0.29) is 29.2 Å². The van der Waals surface area contributed by atoms with E-state index in [0.717, 1.165) is 11.4 Å². The van der Waals surface area contributed by atoms with Crippen LogP contribution in [0.5, 0.6) is 0 Å². The predicted octanol–water partition coefficient (Wildman–Crippen LogP) is 1.79. The van der Waals surface area contributed by atoms with Crippen LogP contribution in [-0.2, 0) is 9.53 Å². The minimum atomic E-state index is -0.434. The number of fused-ring (bicyclic) bond motifs is 1. The van der Waals surface area contributed by atoms with Gasteiger partial charge >= 0.3 is 5.97 Å².